The number of aliphatic hydroxyl groups excluding tert-OH is 1. The molecule has 21 heavy (non-hydrogen) atoms. The Morgan fingerprint density at radius 1 is 1.33 bits per heavy atom. The van der Waals surface area contributed by atoms with Crippen molar-refractivity contribution in [1.82, 2.24) is 4.90 Å². The fraction of sp³-hybridized carbons (Fsp3) is 0.667. The summed E-state index contributed by atoms with van der Waals surface area (Å²) in [6.45, 7) is 6.82. The van der Waals surface area contributed by atoms with Crippen LogP contribution in [0.25, 0.3) is 0 Å². The molecule has 0 saturated carbocycles. The molecule has 3 nitrogen and oxygen atoms in total. The minimum atomic E-state index is -0.323. The van der Waals surface area contributed by atoms with Crippen molar-refractivity contribution in [1.29, 1.82) is 0 Å². The average Bonchev–Trinajstić information content (AvgIpc) is 2.53. The van der Waals surface area contributed by atoms with E-state index in [2.05, 4.69) is 35.3 Å². The number of rotatable bonds is 4. The van der Waals surface area contributed by atoms with Crippen molar-refractivity contribution < 1.29 is 5.11 Å². The van der Waals surface area contributed by atoms with E-state index in [-0.39, 0.29) is 6.10 Å². The van der Waals surface area contributed by atoms with Crippen LogP contribution in [0.2, 0.25) is 0 Å². The molecule has 2 N–H and O–H groups in total. The first-order valence-electron chi connectivity index (χ1n) is 8.49. The Hall–Kier alpha value is -1.06. The maximum absolute atomic E-state index is 10.5. The number of benzene rings is 1. The van der Waals surface area contributed by atoms with Gasteiger partial charge in [-0.3, -0.25) is 0 Å². The summed E-state index contributed by atoms with van der Waals surface area (Å²) in [5, 5.41) is 13.9. The van der Waals surface area contributed by atoms with Gasteiger partial charge in [0, 0.05) is 18.8 Å². The summed E-state index contributed by atoms with van der Waals surface area (Å²) in [7, 11) is 0. The zero-order valence-electron chi connectivity index (χ0n) is 13.1. The van der Waals surface area contributed by atoms with Crippen molar-refractivity contribution in [3.63, 3.8) is 0 Å². The van der Waals surface area contributed by atoms with E-state index in [1.807, 2.05) is 0 Å². The van der Waals surface area contributed by atoms with Crippen LogP contribution in [0.1, 0.15) is 49.8 Å². The van der Waals surface area contributed by atoms with Gasteiger partial charge in [-0.05, 0) is 68.3 Å². The Bertz CT molecular complexity index is 466. The molecule has 0 amide bonds. The summed E-state index contributed by atoms with van der Waals surface area (Å²) in [4.78, 5) is 2.50. The highest BCUT2D eigenvalue weighted by atomic mass is 16.3. The Morgan fingerprint density at radius 2 is 2.14 bits per heavy atom. The SMILES string of the molecule is CC1CCN(CCC(O)c2ccc3c(c2)CCCN3)CC1. The molecule has 2 heterocycles. The van der Waals surface area contributed by atoms with E-state index in [0.29, 0.717) is 0 Å². The summed E-state index contributed by atoms with van der Waals surface area (Å²) in [6, 6.07) is 6.42. The van der Waals surface area contributed by atoms with Crippen molar-refractivity contribution >= 4 is 5.69 Å². The minimum Gasteiger partial charge on any atom is -0.388 e. The molecule has 3 rings (SSSR count). The number of aliphatic hydroxyl groups is 1. The molecule has 0 radical (unpaired) electrons. The van der Waals surface area contributed by atoms with Crippen LogP contribution < -0.4 is 5.32 Å². The van der Waals surface area contributed by atoms with Gasteiger partial charge in [-0.25, -0.2) is 0 Å². The van der Waals surface area contributed by atoms with Gasteiger partial charge in [-0.15, -0.1) is 0 Å². The van der Waals surface area contributed by atoms with Gasteiger partial charge >= 0.3 is 0 Å². The zero-order valence-corrected chi connectivity index (χ0v) is 13.1. The van der Waals surface area contributed by atoms with Crippen LogP contribution in [-0.4, -0.2) is 36.2 Å². The Balaban J connectivity index is 1.54. The molecule has 1 aromatic rings. The van der Waals surface area contributed by atoms with Crippen LogP contribution in [0, 0.1) is 5.92 Å². The van der Waals surface area contributed by atoms with Crippen molar-refractivity contribution in [2.24, 2.45) is 5.92 Å². The second-order valence-electron chi connectivity index (χ2n) is 6.78. The van der Waals surface area contributed by atoms with E-state index in [4.69, 9.17) is 0 Å². The topological polar surface area (TPSA) is 35.5 Å². The minimum absolute atomic E-state index is 0.323. The molecule has 1 aromatic carbocycles. The lowest BCUT2D eigenvalue weighted by Gasteiger charge is -2.30. The molecule has 116 valence electrons. The molecule has 3 heteroatoms. The molecular formula is C18H28N2O. The van der Waals surface area contributed by atoms with Gasteiger partial charge in [0.15, 0.2) is 0 Å². The molecule has 0 aliphatic carbocycles. The van der Waals surface area contributed by atoms with Crippen molar-refractivity contribution in [2.75, 3.05) is 31.5 Å². The number of likely N-dealkylation sites (tertiary alicyclic amines) is 1. The Labute approximate surface area is 128 Å². The average molecular weight is 288 g/mol. The van der Waals surface area contributed by atoms with E-state index < -0.39 is 0 Å². The fourth-order valence-electron chi connectivity index (χ4n) is 3.46. The molecule has 0 bridgehead atoms. The van der Waals surface area contributed by atoms with Gasteiger partial charge in [-0.2, -0.15) is 0 Å². The normalized spacial score (nSPS) is 21.6. The monoisotopic (exact) mass is 288 g/mol. The maximum Gasteiger partial charge on any atom is 0.0802 e. The molecule has 0 spiro atoms. The van der Waals surface area contributed by atoms with E-state index in [9.17, 15) is 5.11 Å². The molecule has 1 unspecified atom stereocenters. The standard InChI is InChI=1S/C18H28N2O/c1-14-6-10-20(11-7-14)12-8-18(21)16-4-5-17-15(13-16)3-2-9-19-17/h4-5,13-14,18-19,21H,2-3,6-12H2,1H3. The maximum atomic E-state index is 10.5. The third-order valence-corrected chi connectivity index (χ3v) is 5.05. The highest BCUT2D eigenvalue weighted by Crippen LogP contribution is 2.27. The predicted molar refractivity (Wildman–Crippen MR) is 87.7 cm³/mol. The summed E-state index contributed by atoms with van der Waals surface area (Å²) in [6.07, 6.45) is 5.46. The first-order chi connectivity index (χ1) is 10.2. The van der Waals surface area contributed by atoms with Gasteiger partial charge in [0.2, 0.25) is 0 Å². The number of aryl methyl sites for hydroxylation is 1. The zero-order chi connectivity index (χ0) is 14.7. The summed E-state index contributed by atoms with van der Waals surface area (Å²) >= 11 is 0. The lowest BCUT2D eigenvalue weighted by atomic mass is 9.96. The molecule has 1 saturated heterocycles. The van der Waals surface area contributed by atoms with Gasteiger partial charge in [-0.1, -0.05) is 19.1 Å². The third-order valence-electron chi connectivity index (χ3n) is 5.05. The molecule has 0 aromatic heterocycles. The van der Waals surface area contributed by atoms with Crippen LogP contribution in [-0.2, 0) is 6.42 Å². The second-order valence-corrected chi connectivity index (χ2v) is 6.78. The lowest BCUT2D eigenvalue weighted by Crippen LogP contribution is -2.34. The highest BCUT2D eigenvalue weighted by molar-refractivity contribution is 5.54. The molecular weight excluding hydrogens is 260 g/mol. The molecule has 1 fully saturated rings. The number of nitrogens with zero attached hydrogens (tertiary/aromatic N) is 1. The van der Waals surface area contributed by atoms with Crippen molar-refractivity contribution in [3.05, 3.63) is 29.3 Å². The summed E-state index contributed by atoms with van der Waals surface area (Å²) in [5.41, 5.74) is 3.70. The van der Waals surface area contributed by atoms with Crippen LogP contribution in [0.5, 0.6) is 0 Å². The molecule has 1 atom stereocenters. The highest BCUT2D eigenvalue weighted by Gasteiger charge is 2.18. The Kier molecular flexibility index (Phi) is 4.81. The first kappa shape index (κ1) is 14.9. The lowest BCUT2D eigenvalue weighted by molar-refractivity contribution is 0.125. The smallest absolute Gasteiger partial charge is 0.0802 e. The van der Waals surface area contributed by atoms with Gasteiger partial charge in [0.1, 0.15) is 0 Å². The molecule has 2 aliphatic heterocycles. The number of fused-ring (bicyclic) bond motifs is 1. The second kappa shape index (κ2) is 6.80. The number of hydrogen-bond donors (Lipinski definition) is 2. The van der Waals surface area contributed by atoms with Gasteiger partial charge in [0.25, 0.3) is 0 Å². The quantitative estimate of drug-likeness (QED) is 0.893. The van der Waals surface area contributed by atoms with Crippen LogP contribution in [0.3, 0.4) is 0 Å². The first-order valence-corrected chi connectivity index (χ1v) is 8.49. The van der Waals surface area contributed by atoms with Crippen LogP contribution >= 0.6 is 0 Å². The number of nitrogens with one attached hydrogen (secondary N) is 1. The third kappa shape index (κ3) is 3.78. The number of hydrogen-bond acceptors (Lipinski definition) is 3. The van der Waals surface area contributed by atoms with Crippen molar-refractivity contribution in [2.45, 2.75) is 45.1 Å². The van der Waals surface area contributed by atoms with E-state index in [0.717, 1.165) is 37.4 Å². The van der Waals surface area contributed by atoms with E-state index >= 15 is 0 Å². The fourth-order valence-corrected chi connectivity index (χ4v) is 3.46. The van der Waals surface area contributed by atoms with Gasteiger partial charge < -0.3 is 15.3 Å². The van der Waals surface area contributed by atoms with E-state index in [1.165, 1.54) is 43.6 Å². The van der Waals surface area contributed by atoms with E-state index in [1.54, 1.807) is 0 Å². The van der Waals surface area contributed by atoms with Crippen LogP contribution in [0.4, 0.5) is 5.69 Å². The number of anilines is 1. The summed E-state index contributed by atoms with van der Waals surface area (Å²) in [5.74, 6) is 0.874. The van der Waals surface area contributed by atoms with Gasteiger partial charge in [0.05, 0.1) is 6.10 Å². The summed E-state index contributed by atoms with van der Waals surface area (Å²) < 4.78 is 0. The number of piperidine rings is 1. The van der Waals surface area contributed by atoms with Crippen LogP contribution in [0.15, 0.2) is 18.2 Å². The molecule has 2 aliphatic rings. The predicted octanol–water partition coefficient (Wildman–Crippen LogP) is 3.20. The Morgan fingerprint density at radius 3 is 2.95 bits per heavy atom. The van der Waals surface area contributed by atoms with Crippen molar-refractivity contribution in [3.8, 4) is 0 Å². The largest absolute Gasteiger partial charge is 0.388 e.